The molecule has 0 aliphatic carbocycles. The predicted molar refractivity (Wildman–Crippen MR) is 86.9 cm³/mol. The molecule has 1 aliphatic heterocycles. The van der Waals surface area contributed by atoms with Crippen molar-refractivity contribution >= 4 is 11.8 Å². The molecule has 4 nitrogen and oxygen atoms in total. The van der Waals surface area contributed by atoms with Gasteiger partial charge in [-0.3, -0.25) is 9.47 Å². The largest absolute Gasteiger partial charge is 0.296 e. The fourth-order valence-corrected chi connectivity index (χ4v) is 3.49. The van der Waals surface area contributed by atoms with E-state index in [1.807, 2.05) is 6.07 Å². The molecule has 1 aromatic heterocycles. The van der Waals surface area contributed by atoms with Gasteiger partial charge in [0.2, 0.25) is 0 Å². The van der Waals surface area contributed by atoms with Gasteiger partial charge in [0.05, 0.1) is 6.54 Å². The van der Waals surface area contributed by atoms with E-state index in [4.69, 9.17) is 0 Å². The van der Waals surface area contributed by atoms with Crippen LogP contribution < -0.4 is 0 Å². The molecule has 0 N–H and O–H groups in total. The minimum absolute atomic E-state index is 0.897. The van der Waals surface area contributed by atoms with Crippen molar-refractivity contribution in [1.82, 2.24) is 19.7 Å². The lowest BCUT2D eigenvalue weighted by Gasteiger charge is -2.15. The fourth-order valence-electron chi connectivity index (χ4n) is 2.67. The third kappa shape index (κ3) is 3.47. The van der Waals surface area contributed by atoms with E-state index in [9.17, 15) is 0 Å². The summed E-state index contributed by atoms with van der Waals surface area (Å²) < 4.78 is 2.22. The van der Waals surface area contributed by atoms with Crippen LogP contribution in [0.4, 0.5) is 0 Å². The van der Waals surface area contributed by atoms with Gasteiger partial charge in [-0.05, 0) is 44.5 Å². The lowest BCUT2D eigenvalue weighted by molar-refractivity contribution is 0.319. The van der Waals surface area contributed by atoms with Gasteiger partial charge in [-0.25, -0.2) is 0 Å². The van der Waals surface area contributed by atoms with Gasteiger partial charge in [-0.1, -0.05) is 36.9 Å². The Labute approximate surface area is 130 Å². The number of thioether (sulfide) groups is 1. The Kier molecular flexibility index (Phi) is 4.93. The summed E-state index contributed by atoms with van der Waals surface area (Å²) in [6, 6.07) is 10.5. The van der Waals surface area contributed by atoms with Crippen LogP contribution in [0.3, 0.4) is 0 Å². The number of nitrogens with zero attached hydrogens (tertiary/aromatic N) is 4. The molecule has 1 aromatic carbocycles. The normalized spacial score (nSPS) is 15.7. The Balaban J connectivity index is 1.89. The highest BCUT2D eigenvalue weighted by atomic mass is 32.2. The second-order valence-corrected chi connectivity index (χ2v) is 6.46. The Morgan fingerprint density at radius 2 is 1.86 bits per heavy atom. The molecule has 0 amide bonds. The van der Waals surface area contributed by atoms with Gasteiger partial charge in [0.1, 0.15) is 0 Å². The molecule has 0 atom stereocenters. The topological polar surface area (TPSA) is 34.0 Å². The van der Waals surface area contributed by atoms with Gasteiger partial charge in [-0.15, -0.1) is 10.2 Å². The van der Waals surface area contributed by atoms with E-state index in [1.165, 1.54) is 25.9 Å². The van der Waals surface area contributed by atoms with Crippen molar-refractivity contribution in [2.24, 2.45) is 0 Å². The van der Waals surface area contributed by atoms with Crippen molar-refractivity contribution in [3.05, 3.63) is 36.2 Å². The molecule has 0 saturated carbocycles. The molecule has 2 aromatic rings. The minimum Gasteiger partial charge on any atom is -0.296 e. The van der Waals surface area contributed by atoms with Crippen molar-refractivity contribution < 1.29 is 0 Å². The van der Waals surface area contributed by atoms with Crippen LogP contribution >= 0.6 is 11.8 Å². The molecular formula is C16H22N4S. The highest BCUT2D eigenvalue weighted by Crippen LogP contribution is 2.24. The van der Waals surface area contributed by atoms with Gasteiger partial charge >= 0.3 is 0 Å². The first-order chi connectivity index (χ1) is 10.4. The molecule has 0 bridgehead atoms. The smallest absolute Gasteiger partial charge is 0.195 e. The van der Waals surface area contributed by atoms with Crippen LogP contribution in [0.15, 0.2) is 35.5 Å². The van der Waals surface area contributed by atoms with Crippen LogP contribution in [-0.2, 0) is 6.54 Å². The van der Waals surface area contributed by atoms with Crippen LogP contribution in [0.25, 0.3) is 5.69 Å². The van der Waals surface area contributed by atoms with E-state index >= 15 is 0 Å². The SMILES string of the molecule is CCCSc1nnc(CN2CCCC2)n1-c1ccccc1. The van der Waals surface area contributed by atoms with E-state index < -0.39 is 0 Å². The molecule has 0 radical (unpaired) electrons. The Morgan fingerprint density at radius 1 is 1.10 bits per heavy atom. The molecule has 2 heterocycles. The van der Waals surface area contributed by atoms with E-state index in [2.05, 4.69) is 50.9 Å². The first-order valence-electron chi connectivity index (χ1n) is 7.73. The monoisotopic (exact) mass is 302 g/mol. The second kappa shape index (κ2) is 7.09. The summed E-state index contributed by atoms with van der Waals surface area (Å²) >= 11 is 1.79. The van der Waals surface area contributed by atoms with Gasteiger partial charge in [0, 0.05) is 11.4 Å². The average Bonchev–Trinajstić information content (AvgIpc) is 3.16. The van der Waals surface area contributed by atoms with E-state index in [1.54, 1.807) is 11.8 Å². The number of hydrogen-bond acceptors (Lipinski definition) is 4. The summed E-state index contributed by atoms with van der Waals surface area (Å²) in [6.07, 6.45) is 3.75. The maximum atomic E-state index is 4.46. The highest BCUT2D eigenvalue weighted by molar-refractivity contribution is 7.99. The predicted octanol–water partition coefficient (Wildman–Crippen LogP) is 3.37. The van der Waals surface area contributed by atoms with Gasteiger partial charge in [-0.2, -0.15) is 0 Å². The van der Waals surface area contributed by atoms with E-state index in [0.717, 1.165) is 35.4 Å². The average molecular weight is 302 g/mol. The molecule has 5 heteroatoms. The zero-order valence-electron chi connectivity index (χ0n) is 12.5. The number of benzene rings is 1. The summed E-state index contributed by atoms with van der Waals surface area (Å²) in [5.41, 5.74) is 1.16. The van der Waals surface area contributed by atoms with Gasteiger partial charge < -0.3 is 0 Å². The third-order valence-corrected chi connectivity index (χ3v) is 4.85. The fraction of sp³-hybridized carbons (Fsp3) is 0.500. The first kappa shape index (κ1) is 14.6. The number of likely N-dealkylation sites (tertiary alicyclic amines) is 1. The number of hydrogen-bond donors (Lipinski definition) is 0. The molecule has 0 unspecified atom stereocenters. The number of para-hydroxylation sites is 1. The Hall–Kier alpha value is -1.33. The van der Waals surface area contributed by atoms with Crippen LogP contribution in [0, 0.1) is 0 Å². The summed E-state index contributed by atoms with van der Waals surface area (Å²) in [4.78, 5) is 2.47. The number of rotatable bonds is 6. The molecule has 1 saturated heterocycles. The zero-order chi connectivity index (χ0) is 14.5. The molecule has 112 valence electrons. The van der Waals surface area contributed by atoms with Crippen molar-refractivity contribution in [3.8, 4) is 5.69 Å². The zero-order valence-corrected chi connectivity index (χ0v) is 13.4. The highest BCUT2D eigenvalue weighted by Gasteiger charge is 2.19. The van der Waals surface area contributed by atoms with Crippen molar-refractivity contribution in [1.29, 1.82) is 0 Å². The van der Waals surface area contributed by atoms with Crippen LogP contribution in [0.1, 0.15) is 32.0 Å². The lowest BCUT2D eigenvalue weighted by atomic mass is 10.3. The standard InChI is InChI=1S/C16H22N4S/c1-2-12-21-16-18-17-15(13-19-10-6-7-11-19)20(16)14-8-4-3-5-9-14/h3-5,8-9H,2,6-7,10-13H2,1H3. The van der Waals surface area contributed by atoms with Crippen LogP contribution in [0.2, 0.25) is 0 Å². The van der Waals surface area contributed by atoms with Gasteiger partial charge in [0.25, 0.3) is 0 Å². The van der Waals surface area contributed by atoms with E-state index in [0.29, 0.717) is 0 Å². The first-order valence-corrected chi connectivity index (χ1v) is 8.72. The summed E-state index contributed by atoms with van der Waals surface area (Å²) in [5, 5.41) is 9.89. The minimum atomic E-state index is 0.897. The Morgan fingerprint density at radius 3 is 2.57 bits per heavy atom. The lowest BCUT2D eigenvalue weighted by Crippen LogP contribution is -2.21. The van der Waals surface area contributed by atoms with Crippen molar-refractivity contribution in [2.45, 2.75) is 37.9 Å². The maximum Gasteiger partial charge on any atom is 0.195 e. The second-order valence-electron chi connectivity index (χ2n) is 5.40. The number of aromatic nitrogens is 3. The van der Waals surface area contributed by atoms with Crippen LogP contribution in [0.5, 0.6) is 0 Å². The Bertz CT molecular complexity index is 561. The molecule has 0 spiro atoms. The van der Waals surface area contributed by atoms with Crippen molar-refractivity contribution in [3.63, 3.8) is 0 Å². The van der Waals surface area contributed by atoms with Gasteiger partial charge in [0.15, 0.2) is 11.0 Å². The summed E-state index contributed by atoms with van der Waals surface area (Å²) in [5.74, 6) is 2.14. The molecule has 1 fully saturated rings. The molecular weight excluding hydrogens is 280 g/mol. The quantitative estimate of drug-likeness (QED) is 0.766. The summed E-state index contributed by atoms with van der Waals surface area (Å²) in [7, 11) is 0. The third-order valence-electron chi connectivity index (χ3n) is 3.71. The van der Waals surface area contributed by atoms with Crippen molar-refractivity contribution in [2.75, 3.05) is 18.8 Å². The van der Waals surface area contributed by atoms with E-state index in [-0.39, 0.29) is 0 Å². The maximum absolute atomic E-state index is 4.46. The van der Waals surface area contributed by atoms with Crippen LogP contribution in [-0.4, -0.2) is 38.5 Å². The molecule has 21 heavy (non-hydrogen) atoms. The molecule has 3 rings (SSSR count). The molecule has 1 aliphatic rings. The summed E-state index contributed by atoms with van der Waals surface area (Å²) in [6.45, 7) is 5.45.